The minimum Gasteiger partial charge on any atom is -0.496 e. The largest absolute Gasteiger partial charge is 0.496 e. The number of nitrogens with one attached hydrogen (secondary N) is 1. The molecule has 0 aromatic heterocycles. The topological polar surface area (TPSA) is 84.9 Å². The average Bonchev–Trinajstić information content (AvgIpc) is 2.79. The van der Waals surface area contributed by atoms with Crippen LogP contribution in [0.25, 0.3) is 0 Å². The summed E-state index contributed by atoms with van der Waals surface area (Å²) in [6, 6.07) is 21.2. The van der Waals surface area contributed by atoms with E-state index in [0.29, 0.717) is 17.1 Å². The van der Waals surface area contributed by atoms with Crippen LogP contribution >= 0.6 is 0 Å². The molecule has 1 heterocycles. The number of fused-ring (bicyclic) bond motifs is 1. The van der Waals surface area contributed by atoms with Crippen LogP contribution in [0.15, 0.2) is 78.9 Å². The summed E-state index contributed by atoms with van der Waals surface area (Å²) in [5, 5.41) is 2.75. The Hall–Kier alpha value is -4.13. The number of carbonyl (C=O) groups is 3. The molecule has 1 atom stereocenters. The molecule has 0 radical (unpaired) electrons. The standard InChI is InChI=1S/C24H20N2O5/c1-30-20-13-7-5-11-17(20)23(28)26-18-12-6-8-14-21(18)31-24(29)19(26)15-22(27)25-16-9-3-2-4-10-16/h2-14,19H,15H2,1H3,(H,25,27). The highest BCUT2D eigenvalue weighted by Crippen LogP contribution is 2.37. The number of ether oxygens (including phenoxy) is 2. The number of benzene rings is 3. The Labute approximate surface area is 179 Å². The Morgan fingerprint density at radius 3 is 2.42 bits per heavy atom. The number of esters is 1. The summed E-state index contributed by atoms with van der Waals surface area (Å²) >= 11 is 0. The van der Waals surface area contributed by atoms with Gasteiger partial charge in [0.05, 0.1) is 24.8 Å². The van der Waals surface area contributed by atoms with E-state index in [0.717, 1.165) is 0 Å². The van der Waals surface area contributed by atoms with Crippen molar-refractivity contribution in [1.82, 2.24) is 0 Å². The fraction of sp³-hybridized carbons (Fsp3) is 0.125. The summed E-state index contributed by atoms with van der Waals surface area (Å²) < 4.78 is 10.7. The smallest absolute Gasteiger partial charge is 0.335 e. The van der Waals surface area contributed by atoms with Crippen LogP contribution in [0.4, 0.5) is 11.4 Å². The molecule has 1 aliphatic rings. The average molecular weight is 416 g/mol. The zero-order valence-electron chi connectivity index (χ0n) is 16.8. The maximum atomic E-state index is 13.5. The van der Waals surface area contributed by atoms with Crippen molar-refractivity contribution in [3.8, 4) is 11.5 Å². The molecule has 1 unspecified atom stereocenters. The van der Waals surface area contributed by atoms with Gasteiger partial charge in [0.2, 0.25) is 5.91 Å². The molecular formula is C24H20N2O5. The van der Waals surface area contributed by atoms with Crippen LogP contribution in [-0.2, 0) is 9.59 Å². The monoisotopic (exact) mass is 416 g/mol. The van der Waals surface area contributed by atoms with E-state index in [-0.39, 0.29) is 17.7 Å². The second kappa shape index (κ2) is 8.71. The van der Waals surface area contributed by atoms with E-state index in [2.05, 4.69) is 5.32 Å². The van der Waals surface area contributed by atoms with Crippen LogP contribution in [-0.4, -0.2) is 30.9 Å². The van der Waals surface area contributed by atoms with E-state index in [1.807, 2.05) is 6.07 Å². The van der Waals surface area contributed by atoms with Crippen molar-refractivity contribution in [3.05, 3.63) is 84.4 Å². The molecule has 1 aliphatic heterocycles. The van der Waals surface area contributed by atoms with Crippen molar-refractivity contribution in [1.29, 1.82) is 0 Å². The molecule has 0 saturated carbocycles. The Bertz CT molecular complexity index is 1130. The normalized spacial score (nSPS) is 14.9. The number of hydrogen-bond donors (Lipinski definition) is 1. The minimum atomic E-state index is -1.13. The molecule has 0 spiro atoms. The molecule has 2 amide bonds. The van der Waals surface area contributed by atoms with Crippen LogP contribution in [0.2, 0.25) is 0 Å². The number of hydrogen-bond acceptors (Lipinski definition) is 5. The molecular weight excluding hydrogens is 396 g/mol. The van der Waals surface area contributed by atoms with Crippen LogP contribution in [0.5, 0.6) is 11.5 Å². The van der Waals surface area contributed by atoms with Gasteiger partial charge >= 0.3 is 5.97 Å². The number of anilines is 2. The Balaban J connectivity index is 1.69. The van der Waals surface area contributed by atoms with Gasteiger partial charge in [0, 0.05) is 5.69 Å². The fourth-order valence-corrected chi connectivity index (χ4v) is 3.48. The molecule has 1 N–H and O–H groups in total. The second-order valence-electron chi connectivity index (χ2n) is 6.90. The van der Waals surface area contributed by atoms with Gasteiger partial charge in [-0.2, -0.15) is 0 Å². The highest BCUT2D eigenvalue weighted by Gasteiger charge is 2.41. The molecule has 7 heteroatoms. The molecule has 0 saturated heterocycles. The number of rotatable bonds is 5. The quantitative estimate of drug-likeness (QED) is 0.507. The number of carbonyl (C=O) groups excluding carboxylic acids is 3. The van der Waals surface area contributed by atoms with Gasteiger partial charge in [-0.05, 0) is 36.4 Å². The second-order valence-corrected chi connectivity index (χ2v) is 6.90. The van der Waals surface area contributed by atoms with Crippen molar-refractivity contribution in [2.75, 3.05) is 17.3 Å². The number of para-hydroxylation sites is 4. The maximum absolute atomic E-state index is 13.5. The summed E-state index contributed by atoms with van der Waals surface area (Å²) in [6.07, 6.45) is -0.261. The Kier molecular flexibility index (Phi) is 5.66. The SMILES string of the molecule is COc1ccccc1C(=O)N1c2ccccc2OC(=O)C1CC(=O)Nc1ccccc1. The van der Waals surface area contributed by atoms with Crippen molar-refractivity contribution in [2.45, 2.75) is 12.5 Å². The van der Waals surface area contributed by atoms with E-state index >= 15 is 0 Å². The van der Waals surface area contributed by atoms with Gasteiger partial charge < -0.3 is 14.8 Å². The summed E-state index contributed by atoms with van der Waals surface area (Å²) in [5.74, 6) is -0.915. The van der Waals surface area contributed by atoms with Crippen molar-refractivity contribution >= 4 is 29.2 Å². The number of amides is 2. The molecule has 3 aromatic rings. The lowest BCUT2D eigenvalue weighted by molar-refractivity contribution is -0.138. The lowest BCUT2D eigenvalue weighted by Crippen LogP contribution is -2.51. The van der Waals surface area contributed by atoms with Gasteiger partial charge in [-0.1, -0.05) is 42.5 Å². The van der Waals surface area contributed by atoms with Crippen LogP contribution in [0.3, 0.4) is 0 Å². The van der Waals surface area contributed by atoms with Crippen molar-refractivity contribution < 1.29 is 23.9 Å². The van der Waals surface area contributed by atoms with Crippen LogP contribution in [0.1, 0.15) is 16.8 Å². The van der Waals surface area contributed by atoms with Crippen molar-refractivity contribution in [2.24, 2.45) is 0 Å². The third-order valence-corrected chi connectivity index (χ3v) is 4.91. The van der Waals surface area contributed by atoms with E-state index < -0.39 is 23.8 Å². The molecule has 31 heavy (non-hydrogen) atoms. The molecule has 4 rings (SSSR count). The Morgan fingerprint density at radius 1 is 0.968 bits per heavy atom. The Morgan fingerprint density at radius 2 is 1.65 bits per heavy atom. The van der Waals surface area contributed by atoms with E-state index in [1.54, 1.807) is 72.8 Å². The molecule has 0 aliphatic carbocycles. The van der Waals surface area contributed by atoms with Gasteiger partial charge in [0.1, 0.15) is 11.8 Å². The maximum Gasteiger partial charge on any atom is 0.335 e. The third-order valence-electron chi connectivity index (χ3n) is 4.91. The van der Waals surface area contributed by atoms with Gasteiger partial charge in [-0.25, -0.2) is 4.79 Å². The summed E-state index contributed by atoms with van der Waals surface area (Å²) in [5.41, 5.74) is 1.29. The van der Waals surface area contributed by atoms with Gasteiger partial charge in [0.25, 0.3) is 5.91 Å². The molecule has 3 aromatic carbocycles. The molecule has 0 bridgehead atoms. The van der Waals surface area contributed by atoms with E-state index in [4.69, 9.17) is 9.47 Å². The zero-order chi connectivity index (χ0) is 21.8. The highest BCUT2D eigenvalue weighted by atomic mass is 16.5. The number of nitrogens with zero attached hydrogens (tertiary/aromatic N) is 1. The van der Waals surface area contributed by atoms with Gasteiger partial charge in [-0.15, -0.1) is 0 Å². The van der Waals surface area contributed by atoms with E-state index in [9.17, 15) is 14.4 Å². The van der Waals surface area contributed by atoms with Crippen molar-refractivity contribution in [3.63, 3.8) is 0 Å². The van der Waals surface area contributed by atoms with Crippen LogP contribution in [0, 0.1) is 0 Å². The fourth-order valence-electron chi connectivity index (χ4n) is 3.48. The lowest BCUT2D eigenvalue weighted by atomic mass is 10.0. The molecule has 0 fully saturated rings. The molecule has 7 nitrogen and oxygen atoms in total. The van der Waals surface area contributed by atoms with Gasteiger partial charge in [0.15, 0.2) is 5.75 Å². The first-order valence-corrected chi connectivity index (χ1v) is 9.70. The first-order valence-electron chi connectivity index (χ1n) is 9.70. The number of methoxy groups -OCH3 is 1. The summed E-state index contributed by atoms with van der Waals surface area (Å²) in [4.78, 5) is 40.4. The first-order chi connectivity index (χ1) is 15.1. The zero-order valence-corrected chi connectivity index (χ0v) is 16.8. The summed E-state index contributed by atoms with van der Waals surface area (Å²) in [7, 11) is 1.47. The van der Waals surface area contributed by atoms with Gasteiger partial charge in [-0.3, -0.25) is 14.5 Å². The summed E-state index contributed by atoms with van der Waals surface area (Å²) in [6.45, 7) is 0. The van der Waals surface area contributed by atoms with E-state index in [1.165, 1.54) is 12.0 Å². The first kappa shape index (κ1) is 20.2. The third kappa shape index (κ3) is 4.11. The predicted octanol–water partition coefficient (Wildman–Crippen LogP) is 3.66. The molecule has 156 valence electrons. The lowest BCUT2D eigenvalue weighted by Gasteiger charge is -2.35. The predicted molar refractivity (Wildman–Crippen MR) is 115 cm³/mol. The minimum absolute atomic E-state index is 0.260. The van der Waals surface area contributed by atoms with Crippen LogP contribution < -0.4 is 19.7 Å². The highest BCUT2D eigenvalue weighted by molar-refractivity contribution is 6.14.